The highest BCUT2D eigenvalue weighted by Crippen LogP contribution is 2.40. The standard InChI is InChI=1S/C21H25ClN2O3.2C21H27ClN2O3.C20H26ClN3O2.C18H22ClN3O.CH4.HI/c1-5-26-17-7-6-8-18-20(17)21(25)24(19(27-18)11-12-23(3)4)15-9-10-16(22)14(2)13-15;1-6-26-18-8-7-9-19(27-13-12-24(3,4)5)20(18)21(25)23-16-10-11-17(22)15(2)14-16;1-6-26-18-8-7-9-19(27-13-12-23(3)4)20(18)21(25)24(5)16-10-11-17(22)15(2)14-16;1-5-26-18-8-6-7-17(22-11-12-24(3)4)19(18)20(25)23-15-9-10-16(21)14(2)13-15;1-13-12-14(8-9-16(13)19)21-18(23)15-6-4-5-7-17(15)20-10-11-22(2)3;;/h6-10,13,19H,5,11-12H2,1-4H3;2*7-11,14H,6,12-13H2,1-5H3;6-10,13,22H,5,11-12H2,1-4H3,(H,23,25);4-9,12,20H,10-11H2,1-3H3,(H,21,23);1H4;1H. The molecule has 24 nitrogen and oxygen atoms in total. The van der Waals surface area contributed by atoms with Gasteiger partial charge in [-0.15, -0.1) is 0 Å². The van der Waals surface area contributed by atoms with E-state index in [1.807, 2.05) is 239 Å². The van der Waals surface area contributed by atoms with Crippen LogP contribution in [0.25, 0.3) is 0 Å². The van der Waals surface area contributed by atoms with E-state index in [-0.39, 0.29) is 60.9 Å². The minimum atomic E-state index is -0.398. The zero-order valence-corrected chi connectivity index (χ0v) is 85.1. The molecule has 0 bridgehead atoms. The molecule has 1 unspecified atom stereocenters. The van der Waals surface area contributed by atoms with Crippen LogP contribution in [-0.4, -0.2) is 230 Å². The summed E-state index contributed by atoms with van der Waals surface area (Å²) < 4.78 is 41.5. The fraction of sp³-hybridized carbons (Fsp3) is 0.363. The van der Waals surface area contributed by atoms with Crippen molar-refractivity contribution in [3.63, 3.8) is 0 Å². The molecule has 0 spiro atoms. The molecule has 1 atom stereocenters. The highest BCUT2D eigenvalue weighted by Gasteiger charge is 2.38. The van der Waals surface area contributed by atoms with Crippen molar-refractivity contribution in [1.82, 2.24) is 19.6 Å². The Labute approximate surface area is 824 Å². The summed E-state index contributed by atoms with van der Waals surface area (Å²) in [4.78, 5) is 76.8. The quantitative estimate of drug-likeness (QED) is 0.0182. The van der Waals surface area contributed by atoms with Gasteiger partial charge in [0.15, 0.2) is 6.23 Å². The Kier molecular flexibility index (Phi) is 47.7. The van der Waals surface area contributed by atoms with E-state index >= 15 is 0 Å². The van der Waals surface area contributed by atoms with Crippen LogP contribution in [0.15, 0.2) is 188 Å². The van der Waals surface area contributed by atoms with Gasteiger partial charge >= 0.3 is 0 Å². The first-order chi connectivity index (χ1) is 61.9. The largest absolute Gasteiger partial charge is 1.00 e. The van der Waals surface area contributed by atoms with E-state index in [1.165, 1.54) is 0 Å². The number of carbonyl (C=O) groups is 5. The summed E-state index contributed by atoms with van der Waals surface area (Å²) in [5.74, 6) is 2.77. The van der Waals surface area contributed by atoms with Crippen molar-refractivity contribution in [2.24, 2.45) is 0 Å². The number of nitrogens with one attached hydrogen (secondary N) is 5. The normalized spacial score (nSPS) is 11.8. The van der Waals surface area contributed by atoms with E-state index in [4.69, 9.17) is 91.2 Å². The van der Waals surface area contributed by atoms with E-state index in [9.17, 15) is 24.0 Å². The van der Waals surface area contributed by atoms with Gasteiger partial charge in [0.05, 0.1) is 58.8 Å². The number of aryl methyl sites for hydroxylation is 5. The average molecular weight is 2020 g/mol. The Bertz CT molecular complexity index is 5410. The van der Waals surface area contributed by atoms with Crippen molar-refractivity contribution >= 4 is 127 Å². The van der Waals surface area contributed by atoms with Crippen molar-refractivity contribution in [1.29, 1.82) is 0 Å². The summed E-state index contributed by atoms with van der Waals surface area (Å²) in [5.41, 5.74) is 12.2. The lowest BCUT2D eigenvalue weighted by Crippen LogP contribution is -3.00. The third-order valence-electron chi connectivity index (χ3n) is 19.9. The van der Waals surface area contributed by atoms with Crippen molar-refractivity contribution in [3.8, 4) is 40.2 Å². The number of halogens is 6. The van der Waals surface area contributed by atoms with Gasteiger partial charge in [-0.1, -0.05) is 102 Å². The monoisotopic (exact) mass is 2020 g/mol. The van der Waals surface area contributed by atoms with Gasteiger partial charge < -0.3 is 113 Å². The number of fused-ring (bicyclic) bond motifs is 1. The Morgan fingerprint density at radius 3 is 1.28 bits per heavy atom. The molecule has 0 radical (unpaired) electrons. The molecule has 1 heterocycles. The van der Waals surface area contributed by atoms with Crippen LogP contribution in [0, 0.1) is 34.6 Å². The molecule has 5 N–H and O–H groups in total. The second-order valence-electron chi connectivity index (χ2n) is 32.6. The number of anilines is 7. The topological polar surface area (TPSA) is 230 Å². The third kappa shape index (κ3) is 35.0. The van der Waals surface area contributed by atoms with Crippen molar-refractivity contribution < 1.29 is 85.6 Å². The van der Waals surface area contributed by atoms with Crippen LogP contribution in [-0.2, 0) is 0 Å². The first-order valence-corrected chi connectivity index (χ1v) is 45.0. The predicted molar refractivity (Wildman–Crippen MR) is 542 cm³/mol. The van der Waals surface area contributed by atoms with Gasteiger partial charge in [0, 0.05) is 112 Å². The maximum absolute atomic E-state index is 13.5. The number of para-hydroxylation sites is 1. The number of ether oxygens (including phenoxy) is 7. The van der Waals surface area contributed by atoms with E-state index in [1.54, 1.807) is 89.6 Å². The Hall–Kier alpha value is -10.3. The number of quaternary nitrogens is 1. The zero-order valence-electron chi connectivity index (χ0n) is 79.2. The van der Waals surface area contributed by atoms with Crippen LogP contribution in [0.4, 0.5) is 39.8 Å². The lowest BCUT2D eigenvalue weighted by Gasteiger charge is -2.38. The highest BCUT2D eigenvalue weighted by atomic mass is 127. The molecule has 1 aliphatic heterocycles. The van der Waals surface area contributed by atoms with Gasteiger partial charge in [0.2, 0.25) is 0 Å². The molecule has 11 rings (SSSR count). The molecule has 0 aromatic heterocycles. The molecule has 0 fully saturated rings. The van der Waals surface area contributed by atoms with Gasteiger partial charge in [-0.3, -0.25) is 28.9 Å². The molecule has 0 saturated carbocycles. The molecule has 10 aromatic carbocycles. The Morgan fingerprint density at radius 2 is 0.803 bits per heavy atom. The number of hydrogen-bond donors (Lipinski definition) is 5. The maximum Gasteiger partial charge on any atom is 0.268 e. The summed E-state index contributed by atoms with van der Waals surface area (Å²) in [6.07, 6.45) is 0.281. The molecule has 714 valence electrons. The molecular formula is C102H132Cl5IN12O12. The lowest BCUT2D eigenvalue weighted by atomic mass is 10.1. The average Bonchev–Trinajstić information content (AvgIpc) is 0.758. The molecule has 30 heteroatoms. The number of likely N-dealkylation sites (N-methyl/N-ethyl adjacent to an activating group) is 4. The minimum absolute atomic E-state index is 0. The van der Waals surface area contributed by atoms with Crippen LogP contribution >= 0.6 is 58.0 Å². The van der Waals surface area contributed by atoms with Gasteiger partial charge in [0.1, 0.15) is 82.3 Å². The first-order valence-electron chi connectivity index (χ1n) is 43.1. The third-order valence-corrected chi connectivity index (χ3v) is 22.0. The molecule has 0 saturated heterocycles. The van der Waals surface area contributed by atoms with Crippen LogP contribution in [0.1, 0.15) is 121 Å². The second kappa shape index (κ2) is 56.0. The molecule has 132 heavy (non-hydrogen) atoms. The van der Waals surface area contributed by atoms with E-state index in [0.29, 0.717) is 151 Å². The van der Waals surface area contributed by atoms with Gasteiger partial charge in [-0.2, -0.15) is 0 Å². The summed E-state index contributed by atoms with van der Waals surface area (Å²) in [6, 6.07) is 56.7. The number of hydrogen-bond acceptors (Lipinski definition) is 18. The predicted octanol–water partition coefficient (Wildman–Crippen LogP) is 18.8. The number of carbonyl (C=O) groups excluding carboxylic acids is 5. The van der Waals surface area contributed by atoms with Gasteiger partial charge in [-0.05, 0) is 298 Å². The fourth-order valence-electron chi connectivity index (χ4n) is 12.9. The van der Waals surface area contributed by atoms with Crippen LogP contribution < -0.4 is 93.5 Å². The number of amides is 5. The Balaban J connectivity index is 0.000000291. The molecular weight excluding hydrogens is 1890 g/mol. The lowest BCUT2D eigenvalue weighted by molar-refractivity contribution is -0.870. The summed E-state index contributed by atoms with van der Waals surface area (Å²) >= 11 is 30.4. The highest BCUT2D eigenvalue weighted by molar-refractivity contribution is 6.33. The molecule has 10 aromatic rings. The number of benzene rings is 10. The minimum Gasteiger partial charge on any atom is -1.00 e. The molecule has 0 aliphatic carbocycles. The number of rotatable bonds is 36. The van der Waals surface area contributed by atoms with Crippen molar-refractivity contribution in [3.05, 3.63) is 269 Å². The van der Waals surface area contributed by atoms with Crippen LogP contribution in [0.2, 0.25) is 25.1 Å². The maximum atomic E-state index is 13.5. The number of nitrogens with zero attached hydrogens (tertiary/aromatic N) is 7. The van der Waals surface area contributed by atoms with Crippen LogP contribution in [0.3, 0.4) is 0 Å². The molecule has 1 aliphatic rings. The van der Waals surface area contributed by atoms with Crippen LogP contribution in [0.5, 0.6) is 40.2 Å². The van der Waals surface area contributed by atoms with E-state index in [0.717, 1.165) is 107 Å². The SMILES string of the molecule is C.CCOc1cccc(NCCN(C)C)c1C(=O)Nc1ccc(Cl)c(C)c1.CCOc1cccc(OCCN(C)C)c1C(=O)N(C)c1ccc(Cl)c(C)c1.CCOc1cccc(OCC[N+](C)(C)C)c1C(=O)Nc1ccc(Cl)c(C)c1.CCOc1cccc2c1C(=O)N(c1ccc(Cl)c(C)c1)C(CCN(C)C)O2.Cc1cc(NC(=O)c2ccccc2NCCN(C)C)ccc1Cl.[I-]. The van der Waals surface area contributed by atoms with Gasteiger partial charge in [-0.25, -0.2) is 0 Å². The fourth-order valence-corrected chi connectivity index (χ4v) is 13.5. The van der Waals surface area contributed by atoms with Crippen molar-refractivity contribution in [2.45, 2.75) is 82.4 Å². The van der Waals surface area contributed by atoms with E-state index < -0.39 is 6.23 Å². The smallest absolute Gasteiger partial charge is 0.268 e. The van der Waals surface area contributed by atoms with E-state index in [2.05, 4.69) is 62.4 Å². The summed E-state index contributed by atoms with van der Waals surface area (Å²) in [5, 5.41) is 18.8. The van der Waals surface area contributed by atoms with Gasteiger partial charge in [0.25, 0.3) is 29.5 Å². The first kappa shape index (κ1) is 112. The summed E-state index contributed by atoms with van der Waals surface area (Å²) in [7, 11) is 24.0. The Morgan fingerprint density at radius 1 is 0.417 bits per heavy atom. The zero-order chi connectivity index (χ0) is 95.5. The second-order valence-corrected chi connectivity index (χ2v) is 34.7. The van der Waals surface area contributed by atoms with Crippen molar-refractivity contribution in [2.75, 3.05) is 206 Å². The molecule has 5 amide bonds. The summed E-state index contributed by atoms with van der Waals surface area (Å²) in [6.45, 7) is 25.6.